The number of aliphatic hydroxyl groups is 1. The average molecular weight is 805 g/mol. The number of carboxylic acid groups (broad SMARTS) is 4. The summed E-state index contributed by atoms with van der Waals surface area (Å²) in [4.78, 5) is 125. The van der Waals surface area contributed by atoms with Crippen molar-refractivity contribution in [2.45, 2.75) is 128 Å². The van der Waals surface area contributed by atoms with Gasteiger partial charge in [-0.05, 0) is 51.0 Å². The molecule has 6 amide bonds. The molecule has 15 N–H and O–H groups in total. The molecular weight excluding hydrogens is 748 g/mol. The Balaban J connectivity index is 6.27. The van der Waals surface area contributed by atoms with Crippen LogP contribution in [0.15, 0.2) is 0 Å². The fourth-order valence-corrected chi connectivity index (χ4v) is 4.87. The summed E-state index contributed by atoms with van der Waals surface area (Å²) < 4.78 is 0. The Hall–Kier alpha value is -5.42. The van der Waals surface area contributed by atoms with E-state index in [1.165, 1.54) is 13.8 Å². The van der Waals surface area contributed by atoms with Crippen molar-refractivity contribution in [1.82, 2.24) is 31.9 Å². The number of unbranched alkanes of at least 4 members (excludes halogenated alkanes) is 1. The molecule has 0 spiro atoms. The van der Waals surface area contributed by atoms with E-state index < -0.39 is 145 Å². The van der Waals surface area contributed by atoms with Crippen LogP contribution in [0.1, 0.15) is 79.6 Å². The fourth-order valence-electron chi connectivity index (χ4n) is 4.87. The molecule has 0 unspecified atom stereocenters. The lowest BCUT2D eigenvalue weighted by atomic mass is 10.0. The van der Waals surface area contributed by atoms with Gasteiger partial charge in [-0.15, -0.1) is 0 Å². The number of aliphatic hydroxyl groups excluding tert-OH is 1. The third kappa shape index (κ3) is 18.8. The molecule has 0 fully saturated rings. The number of carboxylic acids is 4. The van der Waals surface area contributed by atoms with Gasteiger partial charge in [0.05, 0.1) is 25.0 Å². The second-order valence-corrected chi connectivity index (χ2v) is 13.7. The Bertz CT molecular complexity index is 1420. The first-order valence-electron chi connectivity index (χ1n) is 17.8. The first-order chi connectivity index (χ1) is 25.9. The van der Waals surface area contributed by atoms with E-state index in [-0.39, 0.29) is 13.0 Å². The Labute approximate surface area is 322 Å². The van der Waals surface area contributed by atoms with E-state index in [4.69, 9.17) is 11.5 Å². The summed E-state index contributed by atoms with van der Waals surface area (Å²) in [5.74, 6) is -14.0. The van der Waals surface area contributed by atoms with Crippen LogP contribution in [-0.4, -0.2) is 140 Å². The van der Waals surface area contributed by atoms with Crippen molar-refractivity contribution < 1.29 is 73.5 Å². The van der Waals surface area contributed by atoms with Gasteiger partial charge < -0.3 is 68.9 Å². The van der Waals surface area contributed by atoms with Crippen LogP contribution in [0.3, 0.4) is 0 Å². The van der Waals surface area contributed by atoms with Crippen molar-refractivity contribution in [2.24, 2.45) is 23.3 Å². The van der Waals surface area contributed by atoms with Crippen molar-refractivity contribution in [3.8, 4) is 0 Å². The van der Waals surface area contributed by atoms with E-state index in [9.17, 15) is 73.5 Å². The number of nitrogens with two attached hydrogens (primary N) is 2. The maximum Gasteiger partial charge on any atom is 0.326 e. The Morgan fingerprint density at radius 3 is 1.36 bits per heavy atom. The van der Waals surface area contributed by atoms with Crippen LogP contribution >= 0.6 is 0 Å². The summed E-state index contributed by atoms with van der Waals surface area (Å²) in [7, 11) is 0. The quantitative estimate of drug-likeness (QED) is 0.0351. The standard InChI is InChI=1S/C33H56N8O15/c1-14(2)24(35)30(52)38-19(12-22(45)46)28(50)36-17(9-10-21(43)44)27(49)40-25(15(3)4)31(53)39-20(13-23(47)48)29(51)41-26(16(5)42)32(54)37-18(33(55)56)8-6-7-11-34/h14-20,24-26,42H,6-13,34-35H2,1-5H3,(H,36,50)(H,37,54)(H,38,52)(H,39,53)(H,40,49)(H,41,51)(H,43,44)(H,45,46)(H,47,48)(H,55,56)/t16-,17+,18+,19+,20+,24+,25+,26+/m1/s1. The van der Waals surface area contributed by atoms with Gasteiger partial charge in [0.15, 0.2) is 0 Å². The lowest BCUT2D eigenvalue weighted by Gasteiger charge is -2.29. The zero-order chi connectivity index (χ0) is 43.4. The molecule has 0 heterocycles. The average Bonchev–Trinajstić information content (AvgIpc) is 3.08. The van der Waals surface area contributed by atoms with Crippen LogP contribution in [0.25, 0.3) is 0 Å². The second-order valence-electron chi connectivity index (χ2n) is 13.7. The smallest absolute Gasteiger partial charge is 0.326 e. The van der Waals surface area contributed by atoms with Gasteiger partial charge in [0.1, 0.15) is 36.3 Å². The Morgan fingerprint density at radius 1 is 0.500 bits per heavy atom. The number of carbonyl (C=O) groups is 10. The maximum atomic E-state index is 13.5. The van der Waals surface area contributed by atoms with Gasteiger partial charge in [-0.3, -0.25) is 43.2 Å². The molecular formula is C33H56N8O15. The third-order valence-electron chi connectivity index (χ3n) is 8.20. The van der Waals surface area contributed by atoms with Crippen molar-refractivity contribution in [2.75, 3.05) is 6.54 Å². The minimum atomic E-state index is -1.94. The maximum absolute atomic E-state index is 13.5. The number of carbonyl (C=O) groups excluding carboxylic acids is 6. The van der Waals surface area contributed by atoms with Crippen LogP contribution in [0.4, 0.5) is 0 Å². The number of hydrogen-bond acceptors (Lipinski definition) is 13. The largest absolute Gasteiger partial charge is 0.481 e. The second kappa shape index (κ2) is 24.9. The van der Waals surface area contributed by atoms with E-state index >= 15 is 0 Å². The normalized spacial score (nSPS) is 15.4. The van der Waals surface area contributed by atoms with Gasteiger partial charge in [-0.25, -0.2) is 4.79 Å². The van der Waals surface area contributed by atoms with Crippen LogP contribution in [0.5, 0.6) is 0 Å². The number of rotatable bonds is 27. The molecule has 318 valence electrons. The molecule has 0 bridgehead atoms. The molecule has 0 aliphatic heterocycles. The zero-order valence-corrected chi connectivity index (χ0v) is 31.9. The number of hydrogen-bond donors (Lipinski definition) is 13. The van der Waals surface area contributed by atoms with Gasteiger partial charge >= 0.3 is 23.9 Å². The minimum Gasteiger partial charge on any atom is -0.481 e. The van der Waals surface area contributed by atoms with Gasteiger partial charge in [0.25, 0.3) is 0 Å². The number of aliphatic carboxylic acids is 4. The molecule has 0 radical (unpaired) electrons. The SMILES string of the molecule is CC(C)[C@H](N)C(=O)N[C@@H](CC(=O)O)C(=O)N[C@@H](CCC(=O)O)C(=O)N[C@H](C(=O)N[C@@H](CC(=O)O)C(=O)N[C@H](C(=O)N[C@@H](CCCCN)C(=O)O)[C@@H](C)O)C(C)C. The fraction of sp³-hybridized carbons (Fsp3) is 0.697. The van der Waals surface area contributed by atoms with E-state index in [0.29, 0.717) is 12.8 Å². The summed E-state index contributed by atoms with van der Waals surface area (Å²) in [5.41, 5.74) is 11.2. The van der Waals surface area contributed by atoms with E-state index in [1.807, 2.05) is 0 Å². The topological polar surface area (TPSA) is 396 Å². The molecule has 23 heteroatoms. The van der Waals surface area contributed by atoms with Gasteiger partial charge in [-0.1, -0.05) is 27.7 Å². The Kier molecular flexibility index (Phi) is 22.5. The highest BCUT2D eigenvalue weighted by Crippen LogP contribution is 2.09. The number of nitrogens with one attached hydrogen (secondary N) is 6. The lowest BCUT2D eigenvalue weighted by molar-refractivity contribution is -0.144. The van der Waals surface area contributed by atoms with Crippen LogP contribution < -0.4 is 43.4 Å². The molecule has 8 atom stereocenters. The number of amides is 6. The zero-order valence-electron chi connectivity index (χ0n) is 31.9. The van der Waals surface area contributed by atoms with Gasteiger partial charge in [0, 0.05) is 6.42 Å². The van der Waals surface area contributed by atoms with Crippen molar-refractivity contribution in [1.29, 1.82) is 0 Å². The molecule has 56 heavy (non-hydrogen) atoms. The molecule has 0 saturated carbocycles. The van der Waals surface area contributed by atoms with E-state index in [2.05, 4.69) is 31.9 Å². The summed E-state index contributed by atoms with van der Waals surface area (Å²) in [5, 5.41) is 60.9. The van der Waals surface area contributed by atoms with Crippen molar-refractivity contribution >= 4 is 59.3 Å². The van der Waals surface area contributed by atoms with E-state index in [1.54, 1.807) is 13.8 Å². The highest BCUT2D eigenvalue weighted by atomic mass is 16.4. The summed E-state index contributed by atoms with van der Waals surface area (Å²) in [6.45, 7) is 7.39. The molecule has 0 rings (SSSR count). The predicted octanol–water partition coefficient (Wildman–Crippen LogP) is -4.06. The van der Waals surface area contributed by atoms with Crippen molar-refractivity contribution in [3.05, 3.63) is 0 Å². The molecule has 0 aromatic carbocycles. The van der Waals surface area contributed by atoms with Crippen LogP contribution in [-0.2, 0) is 47.9 Å². The monoisotopic (exact) mass is 804 g/mol. The molecule has 0 aromatic heterocycles. The molecule has 0 aliphatic carbocycles. The molecule has 0 aromatic rings. The van der Waals surface area contributed by atoms with Crippen LogP contribution in [0.2, 0.25) is 0 Å². The molecule has 0 saturated heterocycles. The lowest BCUT2D eigenvalue weighted by Crippen LogP contribution is -2.62. The van der Waals surface area contributed by atoms with Gasteiger partial charge in [0.2, 0.25) is 35.4 Å². The van der Waals surface area contributed by atoms with Crippen LogP contribution in [0, 0.1) is 11.8 Å². The highest BCUT2D eigenvalue weighted by molar-refractivity contribution is 5.98. The summed E-state index contributed by atoms with van der Waals surface area (Å²) in [6.07, 6.45) is -4.22. The van der Waals surface area contributed by atoms with E-state index in [0.717, 1.165) is 6.92 Å². The molecule has 23 nitrogen and oxygen atoms in total. The highest BCUT2D eigenvalue weighted by Gasteiger charge is 2.36. The predicted molar refractivity (Wildman–Crippen MR) is 193 cm³/mol. The first-order valence-corrected chi connectivity index (χ1v) is 17.8. The first kappa shape index (κ1) is 50.6. The minimum absolute atomic E-state index is 0.0356. The van der Waals surface area contributed by atoms with Gasteiger partial charge in [-0.2, -0.15) is 0 Å². The summed E-state index contributed by atoms with van der Waals surface area (Å²) in [6, 6.07) is -11.4. The third-order valence-corrected chi connectivity index (χ3v) is 8.20. The summed E-state index contributed by atoms with van der Waals surface area (Å²) >= 11 is 0. The van der Waals surface area contributed by atoms with Crippen molar-refractivity contribution in [3.63, 3.8) is 0 Å². The molecule has 0 aliphatic rings. The Morgan fingerprint density at radius 2 is 0.929 bits per heavy atom.